The number of hydrogen-bond acceptors (Lipinski definition) is 4. The third-order valence-electron chi connectivity index (χ3n) is 2.28. The fourth-order valence-electron chi connectivity index (χ4n) is 1.47. The van der Waals surface area contributed by atoms with Crippen molar-refractivity contribution in [3.63, 3.8) is 0 Å². The number of nitrogens with one attached hydrogen (secondary N) is 1. The summed E-state index contributed by atoms with van der Waals surface area (Å²) in [4.78, 5) is 8.37. The van der Waals surface area contributed by atoms with Crippen molar-refractivity contribution in [2.45, 2.75) is 13.0 Å². The Hall–Kier alpha value is -1.48. The number of nitrogens with zero attached hydrogens (tertiary/aromatic N) is 3. The summed E-state index contributed by atoms with van der Waals surface area (Å²) in [7, 11) is 0.510. The number of nitriles is 1. The second-order valence-corrected chi connectivity index (χ2v) is 4.67. The van der Waals surface area contributed by atoms with E-state index in [2.05, 4.69) is 15.3 Å². The van der Waals surface area contributed by atoms with Gasteiger partial charge in [-0.25, -0.2) is 0 Å². The lowest BCUT2D eigenvalue weighted by Gasteiger charge is -2.26. The third-order valence-corrected chi connectivity index (χ3v) is 3.03. The van der Waals surface area contributed by atoms with Crippen molar-refractivity contribution in [3.8, 4) is 6.07 Å². The van der Waals surface area contributed by atoms with Crippen molar-refractivity contribution in [2.24, 2.45) is 15.9 Å². The van der Waals surface area contributed by atoms with Crippen molar-refractivity contribution >= 4 is 21.8 Å². The summed E-state index contributed by atoms with van der Waals surface area (Å²) < 4.78 is 11.3. The zero-order valence-electron chi connectivity index (χ0n) is 9.47. The molecule has 1 N–H and O–H groups in total. The molecule has 3 atom stereocenters. The molecule has 0 saturated heterocycles. The highest BCUT2D eigenvalue weighted by atomic mass is 32.2. The summed E-state index contributed by atoms with van der Waals surface area (Å²) >= 11 is 0. The van der Waals surface area contributed by atoms with Crippen LogP contribution in [0.4, 0.5) is 0 Å². The Morgan fingerprint density at radius 3 is 2.88 bits per heavy atom. The number of amidine groups is 2. The first-order valence-corrected chi connectivity index (χ1v) is 6.37. The molecule has 86 valence electrons. The Bertz CT molecular complexity index is 419. The number of allylic oxidation sites excluding steroid dienone is 1. The van der Waals surface area contributed by atoms with Gasteiger partial charge < -0.3 is 5.32 Å². The van der Waals surface area contributed by atoms with E-state index in [1.165, 1.54) is 6.08 Å². The second kappa shape index (κ2) is 5.56. The molecule has 0 aliphatic carbocycles. The fourth-order valence-corrected chi connectivity index (χ4v) is 2.03. The Balaban J connectivity index is 3.02. The number of aliphatic imine (C=N–C) groups is 2. The Kier molecular flexibility index (Phi) is 4.38. The average Bonchev–Trinajstić information content (AvgIpc) is 2.26. The molecule has 0 bridgehead atoms. The molecule has 0 aromatic heterocycles. The van der Waals surface area contributed by atoms with Gasteiger partial charge in [0, 0.05) is 19.4 Å². The van der Waals surface area contributed by atoms with Crippen LogP contribution in [0, 0.1) is 17.2 Å². The molecule has 0 saturated carbocycles. The maximum absolute atomic E-state index is 11.3. The van der Waals surface area contributed by atoms with E-state index in [0.717, 1.165) is 0 Å². The predicted octanol–water partition coefficient (Wildman–Crippen LogP) is 0.437. The van der Waals surface area contributed by atoms with E-state index in [9.17, 15) is 4.21 Å². The van der Waals surface area contributed by atoms with Crippen molar-refractivity contribution in [1.82, 2.24) is 5.32 Å². The molecule has 1 aliphatic rings. The summed E-state index contributed by atoms with van der Waals surface area (Å²) in [6.07, 6.45) is 4.73. The molecule has 0 spiro atoms. The minimum atomic E-state index is -1.15. The molecule has 0 amide bonds. The number of hydrogen-bond donors (Lipinski definition) is 1. The SMILES string of the molecule is CN=C1NC(S(C)=O)=NC(C)C1/C=C/C#N. The lowest BCUT2D eigenvalue weighted by Crippen LogP contribution is -2.45. The maximum Gasteiger partial charge on any atom is 0.193 e. The standard InChI is InChI=1S/C10H14N4OS/c1-7-8(5-4-6-11)9(12-2)14-10(13-7)16(3)15/h4-5,7-8H,1-3H3,(H,12,13,14)/b5-4+. The van der Waals surface area contributed by atoms with Gasteiger partial charge in [0.25, 0.3) is 0 Å². The van der Waals surface area contributed by atoms with Crippen LogP contribution in [-0.2, 0) is 10.8 Å². The monoisotopic (exact) mass is 238 g/mol. The van der Waals surface area contributed by atoms with Crippen molar-refractivity contribution in [2.75, 3.05) is 13.3 Å². The molecule has 16 heavy (non-hydrogen) atoms. The van der Waals surface area contributed by atoms with Crippen molar-refractivity contribution in [3.05, 3.63) is 12.2 Å². The summed E-state index contributed by atoms with van der Waals surface area (Å²) in [6, 6.07) is 1.88. The molecule has 3 unspecified atom stereocenters. The first-order valence-electron chi connectivity index (χ1n) is 4.81. The highest BCUT2D eigenvalue weighted by Gasteiger charge is 2.27. The van der Waals surface area contributed by atoms with E-state index in [1.807, 2.05) is 13.0 Å². The molecule has 0 aromatic rings. The van der Waals surface area contributed by atoms with Crippen LogP contribution in [0.15, 0.2) is 22.1 Å². The quantitative estimate of drug-likeness (QED) is 0.673. The van der Waals surface area contributed by atoms with Crippen LogP contribution in [0.1, 0.15) is 6.92 Å². The summed E-state index contributed by atoms with van der Waals surface area (Å²) in [5, 5.41) is 11.9. The fraction of sp³-hybridized carbons (Fsp3) is 0.500. The van der Waals surface area contributed by atoms with Gasteiger partial charge in [0.2, 0.25) is 0 Å². The van der Waals surface area contributed by atoms with Crippen LogP contribution in [0.2, 0.25) is 0 Å². The smallest absolute Gasteiger partial charge is 0.193 e. The van der Waals surface area contributed by atoms with Crippen LogP contribution in [0.5, 0.6) is 0 Å². The summed E-state index contributed by atoms with van der Waals surface area (Å²) in [6.45, 7) is 1.91. The van der Waals surface area contributed by atoms with E-state index in [0.29, 0.717) is 11.0 Å². The van der Waals surface area contributed by atoms with E-state index in [4.69, 9.17) is 5.26 Å². The summed E-state index contributed by atoms with van der Waals surface area (Å²) in [5.41, 5.74) is 0. The van der Waals surface area contributed by atoms with Crippen LogP contribution in [-0.4, -0.2) is 34.6 Å². The van der Waals surface area contributed by atoms with Gasteiger partial charge in [-0.2, -0.15) is 5.26 Å². The van der Waals surface area contributed by atoms with Gasteiger partial charge in [-0.3, -0.25) is 14.2 Å². The molecule has 0 fully saturated rings. The molecular formula is C10H14N4OS. The highest BCUT2D eigenvalue weighted by Crippen LogP contribution is 2.15. The Morgan fingerprint density at radius 1 is 1.69 bits per heavy atom. The first-order chi connectivity index (χ1) is 7.60. The van der Waals surface area contributed by atoms with Gasteiger partial charge in [-0.05, 0) is 6.92 Å². The van der Waals surface area contributed by atoms with Crippen LogP contribution in [0.3, 0.4) is 0 Å². The van der Waals surface area contributed by atoms with E-state index < -0.39 is 10.8 Å². The van der Waals surface area contributed by atoms with E-state index in [1.54, 1.807) is 19.4 Å². The molecular weight excluding hydrogens is 224 g/mol. The van der Waals surface area contributed by atoms with Crippen molar-refractivity contribution in [1.29, 1.82) is 5.26 Å². The molecule has 1 aliphatic heterocycles. The maximum atomic E-state index is 11.3. The van der Waals surface area contributed by atoms with Crippen molar-refractivity contribution < 1.29 is 4.21 Å². The zero-order valence-corrected chi connectivity index (χ0v) is 10.3. The van der Waals surface area contributed by atoms with Gasteiger partial charge in [0.15, 0.2) is 5.17 Å². The minimum Gasteiger partial charge on any atom is -0.321 e. The van der Waals surface area contributed by atoms with Gasteiger partial charge in [-0.1, -0.05) is 6.08 Å². The molecule has 5 nitrogen and oxygen atoms in total. The first kappa shape index (κ1) is 12.6. The lowest BCUT2D eigenvalue weighted by atomic mass is 9.98. The molecule has 0 aromatic carbocycles. The Labute approximate surface area is 97.4 Å². The largest absolute Gasteiger partial charge is 0.321 e. The number of rotatable bonds is 1. The van der Waals surface area contributed by atoms with Crippen LogP contribution < -0.4 is 5.32 Å². The molecule has 6 heteroatoms. The minimum absolute atomic E-state index is 0.0584. The zero-order chi connectivity index (χ0) is 12.1. The van der Waals surface area contributed by atoms with E-state index in [-0.39, 0.29) is 12.0 Å². The average molecular weight is 238 g/mol. The molecule has 0 radical (unpaired) electrons. The van der Waals surface area contributed by atoms with Crippen LogP contribution >= 0.6 is 0 Å². The molecule has 1 rings (SSSR count). The van der Waals surface area contributed by atoms with Gasteiger partial charge in [0.1, 0.15) is 5.84 Å². The van der Waals surface area contributed by atoms with E-state index >= 15 is 0 Å². The Morgan fingerprint density at radius 2 is 2.38 bits per heavy atom. The predicted molar refractivity (Wildman–Crippen MR) is 65.7 cm³/mol. The van der Waals surface area contributed by atoms with Gasteiger partial charge in [-0.15, -0.1) is 0 Å². The third kappa shape index (κ3) is 2.76. The van der Waals surface area contributed by atoms with Gasteiger partial charge in [0.05, 0.1) is 28.8 Å². The molecule has 1 heterocycles. The summed E-state index contributed by atoms with van der Waals surface area (Å²) in [5.74, 6) is 0.635. The lowest BCUT2D eigenvalue weighted by molar-refractivity contribution is 0.638. The highest BCUT2D eigenvalue weighted by molar-refractivity contribution is 7.99. The normalized spacial score (nSPS) is 29.6. The topological polar surface area (TPSA) is 77.6 Å². The van der Waals surface area contributed by atoms with Gasteiger partial charge >= 0.3 is 0 Å². The second-order valence-electron chi connectivity index (χ2n) is 3.38. The van der Waals surface area contributed by atoms with Crippen LogP contribution in [0.25, 0.3) is 0 Å².